The molecule has 0 aliphatic heterocycles. The standard InChI is InChI=1S/C29H34N2O3S/c1-4-28(25-15-14-23-10-8-9-11-24(23)19-25)30-29(32)20-31(26-17-21(2)16-22(3)18-26)35(33,34)27-12-6-5-7-13-27/h5-7,12-19,28H,4,8-11,20H2,1-3H3,(H,30,32). The number of carbonyl (C=O) groups is 1. The first-order valence-corrected chi connectivity index (χ1v) is 13.8. The number of rotatable bonds is 8. The van der Waals surface area contributed by atoms with Gasteiger partial charge in [-0.05, 0) is 98.0 Å². The van der Waals surface area contributed by atoms with E-state index in [-0.39, 0.29) is 23.4 Å². The summed E-state index contributed by atoms with van der Waals surface area (Å²) in [6, 6.07) is 20.2. The summed E-state index contributed by atoms with van der Waals surface area (Å²) in [4.78, 5) is 13.4. The van der Waals surface area contributed by atoms with Gasteiger partial charge in [-0.25, -0.2) is 8.42 Å². The smallest absolute Gasteiger partial charge is 0.264 e. The number of nitrogens with zero attached hydrogens (tertiary/aromatic N) is 1. The van der Waals surface area contributed by atoms with Crippen LogP contribution in [0.25, 0.3) is 0 Å². The molecule has 35 heavy (non-hydrogen) atoms. The minimum atomic E-state index is -3.93. The molecule has 0 spiro atoms. The fourth-order valence-corrected chi connectivity index (χ4v) is 6.32. The van der Waals surface area contributed by atoms with Crippen molar-refractivity contribution in [1.82, 2.24) is 5.32 Å². The lowest BCUT2D eigenvalue weighted by Crippen LogP contribution is -2.42. The number of carbonyl (C=O) groups excluding carboxylic acids is 1. The highest BCUT2D eigenvalue weighted by atomic mass is 32.2. The molecule has 0 aromatic heterocycles. The summed E-state index contributed by atoms with van der Waals surface area (Å²) in [6.07, 6.45) is 5.33. The van der Waals surface area contributed by atoms with Gasteiger partial charge in [0.05, 0.1) is 16.6 Å². The fraction of sp³-hybridized carbons (Fsp3) is 0.345. The summed E-state index contributed by atoms with van der Waals surface area (Å²) in [5, 5.41) is 3.10. The second-order valence-corrected chi connectivity index (χ2v) is 11.3. The number of hydrogen-bond donors (Lipinski definition) is 1. The van der Waals surface area contributed by atoms with Crippen molar-refractivity contribution >= 4 is 21.6 Å². The van der Waals surface area contributed by atoms with Crippen molar-refractivity contribution in [3.8, 4) is 0 Å². The SMILES string of the molecule is CCC(NC(=O)CN(c1cc(C)cc(C)c1)S(=O)(=O)c1ccccc1)c1ccc2c(c1)CCCC2. The predicted molar refractivity (Wildman–Crippen MR) is 141 cm³/mol. The van der Waals surface area contributed by atoms with Crippen LogP contribution in [0.15, 0.2) is 71.6 Å². The maximum Gasteiger partial charge on any atom is 0.264 e. The minimum Gasteiger partial charge on any atom is -0.348 e. The zero-order chi connectivity index (χ0) is 25.0. The summed E-state index contributed by atoms with van der Waals surface area (Å²) >= 11 is 0. The molecule has 1 N–H and O–H groups in total. The van der Waals surface area contributed by atoms with E-state index in [1.165, 1.54) is 28.3 Å². The second-order valence-electron chi connectivity index (χ2n) is 9.43. The zero-order valence-corrected chi connectivity index (χ0v) is 21.6. The van der Waals surface area contributed by atoms with Crippen LogP contribution in [0.5, 0.6) is 0 Å². The Labute approximate surface area is 209 Å². The summed E-state index contributed by atoms with van der Waals surface area (Å²) < 4.78 is 28.5. The zero-order valence-electron chi connectivity index (χ0n) is 20.8. The van der Waals surface area contributed by atoms with E-state index < -0.39 is 10.0 Å². The van der Waals surface area contributed by atoms with Crippen LogP contribution in [-0.2, 0) is 27.7 Å². The molecule has 0 heterocycles. The lowest BCUT2D eigenvalue weighted by atomic mass is 9.89. The van der Waals surface area contributed by atoms with Crippen LogP contribution >= 0.6 is 0 Å². The first kappa shape index (κ1) is 25.0. The Bertz CT molecular complexity index is 1280. The van der Waals surface area contributed by atoms with Gasteiger partial charge in [-0.3, -0.25) is 9.10 Å². The number of amides is 1. The maximum absolute atomic E-state index is 13.6. The number of anilines is 1. The van der Waals surface area contributed by atoms with E-state index in [0.29, 0.717) is 5.69 Å². The molecule has 3 aromatic rings. The highest BCUT2D eigenvalue weighted by Crippen LogP contribution is 2.28. The minimum absolute atomic E-state index is 0.161. The summed E-state index contributed by atoms with van der Waals surface area (Å²) in [5.41, 5.74) is 6.21. The summed E-state index contributed by atoms with van der Waals surface area (Å²) in [5.74, 6) is -0.326. The molecule has 0 bridgehead atoms. The Kier molecular flexibility index (Phi) is 7.60. The first-order valence-electron chi connectivity index (χ1n) is 12.3. The van der Waals surface area contributed by atoms with E-state index in [9.17, 15) is 13.2 Å². The van der Waals surface area contributed by atoms with Gasteiger partial charge < -0.3 is 5.32 Å². The third-order valence-corrected chi connectivity index (χ3v) is 8.42. The monoisotopic (exact) mass is 490 g/mol. The van der Waals surface area contributed by atoms with Crippen molar-refractivity contribution in [2.75, 3.05) is 10.8 Å². The van der Waals surface area contributed by atoms with Crippen LogP contribution < -0.4 is 9.62 Å². The highest BCUT2D eigenvalue weighted by molar-refractivity contribution is 7.92. The van der Waals surface area contributed by atoms with Crippen LogP contribution in [0, 0.1) is 13.8 Å². The molecular formula is C29H34N2O3S. The fourth-order valence-electron chi connectivity index (χ4n) is 4.89. The Hall–Kier alpha value is -3.12. The molecule has 1 atom stereocenters. The molecule has 5 nitrogen and oxygen atoms in total. The molecule has 0 saturated carbocycles. The quantitative estimate of drug-likeness (QED) is 0.444. The van der Waals surface area contributed by atoms with Gasteiger partial charge in [0.1, 0.15) is 6.54 Å². The number of hydrogen-bond acceptors (Lipinski definition) is 3. The molecule has 3 aromatic carbocycles. The van der Waals surface area contributed by atoms with Crippen LogP contribution in [0.2, 0.25) is 0 Å². The Morgan fingerprint density at radius 2 is 1.57 bits per heavy atom. The number of aryl methyl sites for hydroxylation is 4. The van der Waals surface area contributed by atoms with Gasteiger partial charge in [0.15, 0.2) is 0 Å². The topological polar surface area (TPSA) is 66.5 Å². The average molecular weight is 491 g/mol. The normalized spacial score (nSPS) is 14.1. The third-order valence-electron chi connectivity index (χ3n) is 6.63. The number of fused-ring (bicyclic) bond motifs is 1. The van der Waals surface area contributed by atoms with Crippen molar-refractivity contribution < 1.29 is 13.2 Å². The van der Waals surface area contributed by atoms with E-state index in [1.54, 1.807) is 30.3 Å². The van der Waals surface area contributed by atoms with Crippen LogP contribution in [-0.4, -0.2) is 20.9 Å². The molecule has 1 unspecified atom stereocenters. The number of nitrogens with one attached hydrogen (secondary N) is 1. The Balaban J connectivity index is 1.61. The molecule has 1 aliphatic rings. The molecule has 184 valence electrons. The molecule has 0 fully saturated rings. The lowest BCUT2D eigenvalue weighted by molar-refractivity contribution is -0.120. The van der Waals surface area contributed by atoms with Gasteiger partial charge >= 0.3 is 0 Å². The van der Waals surface area contributed by atoms with Crippen molar-refractivity contribution in [2.45, 2.75) is 63.8 Å². The van der Waals surface area contributed by atoms with Crippen LogP contribution in [0.1, 0.15) is 60.0 Å². The summed E-state index contributed by atoms with van der Waals surface area (Å²) in [6.45, 7) is 5.59. The largest absolute Gasteiger partial charge is 0.348 e. The molecular weight excluding hydrogens is 456 g/mol. The molecule has 0 radical (unpaired) electrons. The first-order chi connectivity index (χ1) is 16.8. The Morgan fingerprint density at radius 3 is 2.23 bits per heavy atom. The average Bonchev–Trinajstić information content (AvgIpc) is 2.85. The van der Waals surface area contributed by atoms with Crippen LogP contribution in [0.3, 0.4) is 0 Å². The number of sulfonamides is 1. The maximum atomic E-state index is 13.6. The highest BCUT2D eigenvalue weighted by Gasteiger charge is 2.28. The van der Waals surface area contributed by atoms with Gasteiger partial charge in [0, 0.05) is 0 Å². The Morgan fingerprint density at radius 1 is 0.914 bits per heavy atom. The van der Waals surface area contributed by atoms with E-state index in [0.717, 1.165) is 36.0 Å². The van der Waals surface area contributed by atoms with Crippen molar-refractivity contribution in [3.63, 3.8) is 0 Å². The van der Waals surface area contributed by atoms with E-state index in [2.05, 4.69) is 23.5 Å². The molecule has 4 rings (SSSR count). The van der Waals surface area contributed by atoms with Gasteiger partial charge in [-0.2, -0.15) is 0 Å². The molecule has 0 saturated heterocycles. The predicted octanol–water partition coefficient (Wildman–Crippen LogP) is 5.65. The molecule has 1 amide bonds. The van der Waals surface area contributed by atoms with E-state index in [1.807, 2.05) is 39.0 Å². The van der Waals surface area contributed by atoms with E-state index in [4.69, 9.17) is 0 Å². The van der Waals surface area contributed by atoms with Crippen LogP contribution in [0.4, 0.5) is 5.69 Å². The van der Waals surface area contributed by atoms with Gasteiger partial charge in [-0.1, -0.05) is 49.4 Å². The third kappa shape index (κ3) is 5.76. The molecule has 6 heteroatoms. The van der Waals surface area contributed by atoms with Gasteiger partial charge in [0.25, 0.3) is 10.0 Å². The van der Waals surface area contributed by atoms with Crippen molar-refractivity contribution in [3.05, 3.63) is 94.5 Å². The summed E-state index contributed by atoms with van der Waals surface area (Å²) in [7, 11) is -3.93. The van der Waals surface area contributed by atoms with Gasteiger partial charge in [0.2, 0.25) is 5.91 Å². The molecule has 1 aliphatic carbocycles. The van der Waals surface area contributed by atoms with Crippen molar-refractivity contribution in [2.24, 2.45) is 0 Å². The van der Waals surface area contributed by atoms with E-state index >= 15 is 0 Å². The van der Waals surface area contributed by atoms with Gasteiger partial charge in [-0.15, -0.1) is 0 Å². The van der Waals surface area contributed by atoms with Crippen molar-refractivity contribution in [1.29, 1.82) is 0 Å². The second kappa shape index (κ2) is 10.6. The number of benzene rings is 3. The lowest BCUT2D eigenvalue weighted by Gasteiger charge is -2.27.